The maximum absolute atomic E-state index is 12.2. The van der Waals surface area contributed by atoms with Crippen LogP contribution in [0.3, 0.4) is 0 Å². The van der Waals surface area contributed by atoms with Gasteiger partial charge < -0.3 is 14.8 Å². The SMILES string of the molecule is CC(=O)[C@H](Cc1ccccc1)NC(=O)COC(=O)C1=Cc2ccccc2OC1. The minimum atomic E-state index is -0.669. The van der Waals surface area contributed by atoms with Crippen LogP contribution in [-0.4, -0.2) is 36.9 Å². The summed E-state index contributed by atoms with van der Waals surface area (Å²) in [7, 11) is 0. The Morgan fingerprint density at radius 3 is 2.54 bits per heavy atom. The number of fused-ring (bicyclic) bond motifs is 1. The van der Waals surface area contributed by atoms with Crippen LogP contribution in [0.5, 0.6) is 5.75 Å². The number of hydrogen-bond donors (Lipinski definition) is 1. The van der Waals surface area contributed by atoms with Crippen molar-refractivity contribution in [1.82, 2.24) is 5.32 Å². The molecule has 28 heavy (non-hydrogen) atoms. The lowest BCUT2D eigenvalue weighted by molar-refractivity contribution is -0.145. The summed E-state index contributed by atoms with van der Waals surface area (Å²) >= 11 is 0. The number of carbonyl (C=O) groups is 3. The van der Waals surface area contributed by atoms with Crippen molar-refractivity contribution in [3.05, 3.63) is 71.3 Å². The maximum atomic E-state index is 12.2. The first-order chi connectivity index (χ1) is 13.5. The van der Waals surface area contributed by atoms with E-state index in [0.29, 0.717) is 17.7 Å². The minimum Gasteiger partial charge on any atom is -0.488 e. The van der Waals surface area contributed by atoms with Gasteiger partial charge in [0, 0.05) is 5.56 Å². The average molecular weight is 379 g/mol. The van der Waals surface area contributed by atoms with Crippen LogP contribution >= 0.6 is 0 Å². The summed E-state index contributed by atoms with van der Waals surface area (Å²) in [6, 6.07) is 16.1. The second-order valence-electron chi connectivity index (χ2n) is 6.49. The molecule has 1 atom stereocenters. The van der Waals surface area contributed by atoms with Crippen molar-refractivity contribution in [2.75, 3.05) is 13.2 Å². The number of esters is 1. The average Bonchev–Trinajstić information content (AvgIpc) is 2.72. The number of rotatable bonds is 7. The first-order valence-electron chi connectivity index (χ1n) is 8.96. The minimum absolute atomic E-state index is 0.0849. The zero-order valence-corrected chi connectivity index (χ0v) is 15.5. The summed E-state index contributed by atoms with van der Waals surface area (Å²) in [5, 5.41) is 2.62. The van der Waals surface area contributed by atoms with Crippen LogP contribution < -0.4 is 10.1 Å². The number of ether oxygens (including phenoxy) is 2. The van der Waals surface area contributed by atoms with Gasteiger partial charge in [0.25, 0.3) is 5.91 Å². The first kappa shape index (κ1) is 19.4. The van der Waals surface area contributed by atoms with Gasteiger partial charge in [-0.1, -0.05) is 48.5 Å². The van der Waals surface area contributed by atoms with Crippen LogP contribution in [0.1, 0.15) is 18.1 Å². The molecule has 1 heterocycles. The number of Topliss-reactive ketones (excluding diaryl/α,β-unsaturated/α-hetero) is 1. The molecule has 1 N–H and O–H groups in total. The predicted octanol–water partition coefficient (Wildman–Crippen LogP) is 2.32. The molecule has 0 fully saturated rings. The van der Waals surface area contributed by atoms with Gasteiger partial charge in [0.05, 0.1) is 11.6 Å². The van der Waals surface area contributed by atoms with E-state index in [9.17, 15) is 14.4 Å². The fourth-order valence-electron chi connectivity index (χ4n) is 2.84. The Morgan fingerprint density at radius 2 is 1.79 bits per heavy atom. The van der Waals surface area contributed by atoms with Crippen LogP contribution in [0.25, 0.3) is 6.08 Å². The molecule has 0 radical (unpaired) electrons. The van der Waals surface area contributed by atoms with Crippen molar-refractivity contribution in [2.24, 2.45) is 0 Å². The molecule has 0 bridgehead atoms. The molecule has 1 amide bonds. The van der Waals surface area contributed by atoms with Crippen LogP contribution in [0.15, 0.2) is 60.2 Å². The lowest BCUT2D eigenvalue weighted by Crippen LogP contribution is -2.43. The number of nitrogens with one attached hydrogen (secondary N) is 1. The van der Waals surface area contributed by atoms with Gasteiger partial charge >= 0.3 is 5.97 Å². The Bertz CT molecular complexity index is 904. The van der Waals surface area contributed by atoms with Gasteiger partial charge in [0.2, 0.25) is 0 Å². The quantitative estimate of drug-likeness (QED) is 0.747. The van der Waals surface area contributed by atoms with Gasteiger partial charge in [-0.2, -0.15) is 0 Å². The van der Waals surface area contributed by atoms with Crippen LogP contribution in [0.4, 0.5) is 0 Å². The first-order valence-corrected chi connectivity index (χ1v) is 8.96. The van der Waals surface area contributed by atoms with Gasteiger partial charge in [-0.25, -0.2) is 4.79 Å². The summed E-state index contributed by atoms with van der Waals surface area (Å²) in [5.74, 6) is -0.611. The van der Waals surface area contributed by atoms with Crippen LogP contribution in [0.2, 0.25) is 0 Å². The number of amides is 1. The van der Waals surface area contributed by atoms with E-state index < -0.39 is 24.5 Å². The van der Waals surface area contributed by atoms with Crippen molar-refractivity contribution in [3.63, 3.8) is 0 Å². The van der Waals surface area contributed by atoms with E-state index in [-0.39, 0.29) is 12.4 Å². The molecule has 144 valence electrons. The van der Waals surface area contributed by atoms with E-state index in [1.807, 2.05) is 54.6 Å². The largest absolute Gasteiger partial charge is 0.488 e. The topological polar surface area (TPSA) is 81.7 Å². The highest BCUT2D eigenvalue weighted by atomic mass is 16.5. The van der Waals surface area contributed by atoms with E-state index in [1.54, 1.807) is 6.08 Å². The second kappa shape index (κ2) is 8.99. The van der Waals surface area contributed by atoms with Crippen molar-refractivity contribution in [2.45, 2.75) is 19.4 Å². The van der Waals surface area contributed by atoms with E-state index in [4.69, 9.17) is 9.47 Å². The molecule has 2 aromatic rings. The maximum Gasteiger partial charge on any atom is 0.338 e. The molecule has 2 aromatic carbocycles. The molecule has 0 aromatic heterocycles. The van der Waals surface area contributed by atoms with Gasteiger partial charge in [-0.3, -0.25) is 9.59 Å². The summed E-state index contributed by atoms with van der Waals surface area (Å²) in [5.41, 5.74) is 2.05. The smallest absolute Gasteiger partial charge is 0.338 e. The van der Waals surface area contributed by atoms with Gasteiger partial charge in [-0.05, 0) is 31.1 Å². The molecule has 3 rings (SSSR count). The van der Waals surface area contributed by atoms with Crippen molar-refractivity contribution >= 4 is 23.7 Å². The fourth-order valence-corrected chi connectivity index (χ4v) is 2.84. The third-order valence-corrected chi connectivity index (χ3v) is 4.34. The second-order valence-corrected chi connectivity index (χ2v) is 6.49. The highest BCUT2D eigenvalue weighted by Crippen LogP contribution is 2.26. The Morgan fingerprint density at radius 1 is 1.07 bits per heavy atom. The number of hydrogen-bond acceptors (Lipinski definition) is 5. The number of benzene rings is 2. The Labute approximate surface area is 163 Å². The fraction of sp³-hybridized carbons (Fsp3) is 0.227. The molecule has 0 spiro atoms. The van der Waals surface area contributed by atoms with Crippen LogP contribution in [-0.2, 0) is 25.5 Å². The molecule has 1 aliphatic heterocycles. The molecule has 0 aliphatic carbocycles. The normalized spacial score (nSPS) is 13.4. The summed E-state index contributed by atoms with van der Waals surface area (Å²) in [6.45, 7) is 1.04. The van der Waals surface area contributed by atoms with Crippen molar-refractivity contribution in [3.8, 4) is 5.75 Å². The summed E-state index contributed by atoms with van der Waals surface area (Å²) in [6.07, 6.45) is 2.07. The lowest BCUT2D eigenvalue weighted by Gasteiger charge is -2.18. The van der Waals surface area contributed by atoms with Crippen LogP contribution in [0, 0.1) is 0 Å². The Hall–Kier alpha value is -3.41. The molecule has 6 heteroatoms. The van der Waals surface area contributed by atoms with E-state index >= 15 is 0 Å². The van der Waals surface area contributed by atoms with Crippen molar-refractivity contribution < 1.29 is 23.9 Å². The highest BCUT2D eigenvalue weighted by Gasteiger charge is 2.21. The highest BCUT2D eigenvalue weighted by molar-refractivity contribution is 5.96. The standard InChI is InChI=1S/C22H21NO5/c1-15(24)19(11-16-7-3-2-4-8-16)23-21(25)14-28-22(26)18-12-17-9-5-6-10-20(17)27-13-18/h2-10,12,19H,11,13-14H2,1H3,(H,23,25)/t19-/m0/s1. The number of ketones is 1. The third-order valence-electron chi connectivity index (χ3n) is 4.34. The molecule has 0 unspecified atom stereocenters. The molecular weight excluding hydrogens is 358 g/mol. The van der Waals surface area contributed by atoms with E-state index in [1.165, 1.54) is 6.92 Å². The monoisotopic (exact) mass is 379 g/mol. The third kappa shape index (κ3) is 5.07. The van der Waals surface area contributed by atoms with E-state index in [2.05, 4.69) is 5.32 Å². The molecule has 0 saturated heterocycles. The molecule has 1 aliphatic rings. The molecule has 0 saturated carbocycles. The van der Waals surface area contributed by atoms with Gasteiger partial charge in [0.1, 0.15) is 12.4 Å². The predicted molar refractivity (Wildman–Crippen MR) is 104 cm³/mol. The molecule has 6 nitrogen and oxygen atoms in total. The Kier molecular flexibility index (Phi) is 6.22. The molecular formula is C22H21NO5. The van der Waals surface area contributed by atoms with Gasteiger partial charge in [0.15, 0.2) is 12.4 Å². The zero-order chi connectivity index (χ0) is 19.9. The van der Waals surface area contributed by atoms with Gasteiger partial charge in [-0.15, -0.1) is 0 Å². The zero-order valence-electron chi connectivity index (χ0n) is 15.5. The van der Waals surface area contributed by atoms with E-state index in [0.717, 1.165) is 11.1 Å². The summed E-state index contributed by atoms with van der Waals surface area (Å²) in [4.78, 5) is 36.2. The lowest BCUT2D eigenvalue weighted by atomic mass is 10.0. The van der Waals surface area contributed by atoms with Crippen molar-refractivity contribution in [1.29, 1.82) is 0 Å². The summed E-state index contributed by atoms with van der Waals surface area (Å²) < 4.78 is 10.6. The number of carbonyl (C=O) groups excluding carboxylic acids is 3. The number of para-hydroxylation sites is 1. The Balaban J connectivity index is 1.54.